The largest absolute Gasteiger partial charge is 0.312 e. The van der Waals surface area contributed by atoms with Crippen LogP contribution in [0.25, 0.3) is 0 Å². The Morgan fingerprint density at radius 3 is 2.25 bits per heavy atom. The zero-order valence-electron chi connectivity index (χ0n) is 13.5. The number of hydrogen-bond acceptors (Lipinski definition) is 2. The summed E-state index contributed by atoms with van der Waals surface area (Å²) in [4.78, 5) is 2.55. The Hall–Kier alpha value is -0.860. The fraction of sp³-hybridized carbons (Fsp3) is 0.667. The maximum Gasteiger partial charge on any atom is 0.0472 e. The van der Waals surface area contributed by atoms with Crippen molar-refractivity contribution in [2.24, 2.45) is 5.41 Å². The topological polar surface area (TPSA) is 15.3 Å². The molecule has 1 aliphatic rings. The lowest BCUT2D eigenvalue weighted by atomic mass is 9.99. The van der Waals surface area contributed by atoms with Crippen LogP contribution in [-0.4, -0.2) is 30.6 Å². The summed E-state index contributed by atoms with van der Waals surface area (Å²) in [6.07, 6.45) is 2.75. The monoisotopic (exact) mass is 274 g/mol. The Morgan fingerprint density at radius 1 is 1.15 bits per heavy atom. The molecule has 2 unspecified atom stereocenters. The quantitative estimate of drug-likeness (QED) is 0.774. The first-order valence-electron chi connectivity index (χ1n) is 8.13. The number of likely N-dealkylation sites (N-methyl/N-ethyl adjacent to an activating group) is 1. The molecule has 0 radical (unpaired) electrons. The van der Waals surface area contributed by atoms with Crippen LogP contribution in [0.5, 0.6) is 0 Å². The number of nitrogens with one attached hydrogen (secondary N) is 1. The first-order chi connectivity index (χ1) is 9.60. The molecule has 2 nitrogen and oxygen atoms in total. The minimum Gasteiger partial charge on any atom is -0.312 e. The van der Waals surface area contributed by atoms with E-state index in [9.17, 15) is 0 Å². The lowest BCUT2D eigenvalue weighted by Crippen LogP contribution is -2.41. The summed E-state index contributed by atoms with van der Waals surface area (Å²) in [5, 5.41) is 3.79. The summed E-state index contributed by atoms with van der Waals surface area (Å²) in [6, 6.07) is 12.0. The van der Waals surface area contributed by atoms with E-state index < -0.39 is 0 Å². The second-order valence-corrected chi connectivity index (χ2v) is 6.43. The maximum absolute atomic E-state index is 3.79. The highest BCUT2D eigenvalue weighted by molar-refractivity contribution is 5.19. The number of benzene rings is 1. The lowest BCUT2D eigenvalue weighted by Gasteiger charge is -2.32. The van der Waals surface area contributed by atoms with Crippen LogP contribution in [0.4, 0.5) is 0 Å². The van der Waals surface area contributed by atoms with Crippen molar-refractivity contribution in [2.45, 2.75) is 52.6 Å². The SMILES string of the molecule is CCN(CC)C(CNC(C)C1(C)CC1)c1ccccc1. The molecule has 2 heteroatoms. The van der Waals surface area contributed by atoms with Crippen molar-refractivity contribution < 1.29 is 0 Å². The molecular formula is C18H30N2. The molecule has 1 aromatic rings. The fourth-order valence-corrected chi connectivity index (χ4v) is 2.96. The van der Waals surface area contributed by atoms with Gasteiger partial charge in [-0.05, 0) is 43.8 Å². The molecule has 1 saturated carbocycles. The second-order valence-electron chi connectivity index (χ2n) is 6.43. The molecule has 0 spiro atoms. The van der Waals surface area contributed by atoms with Crippen molar-refractivity contribution in [1.82, 2.24) is 10.2 Å². The van der Waals surface area contributed by atoms with Crippen LogP contribution >= 0.6 is 0 Å². The van der Waals surface area contributed by atoms with Crippen molar-refractivity contribution in [3.8, 4) is 0 Å². The van der Waals surface area contributed by atoms with Crippen LogP contribution in [-0.2, 0) is 0 Å². The van der Waals surface area contributed by atoms with Crippen LogP contribution < -0.4 is 5.32 Å². The summed E-state index contributed by atoms with van der Waals surface area (Å²) in [5.41, 5.74) is 1.97. The molecule has 2 rings (SSSR count). The van der Waals surface area contributed by atoms with Gasteiger partial charge in [-0.2, -0.15) is 0 Å². The van der Waals surface area contributed by atoms with Gasteiger partial charge in [-0.25, -0.2) is 0 Å². The van der Waals surface area contributed by atoms with Gasteiger partial charge in [-0.1, -0.05) is 51.1 Å². The van der Waals surface area contributed by atoms with Crippen LogP contribution in [0, 0.1) is 5.41 Å². The summed E-state index contributed by atoms with van der Waals surface area (Å²) < 4.78 is 0. The van der Waals surface area contributed by atoms with E-state index in [0.717, 1.165) is 19.6 Å². The molecule has 1 N–H and O–H groups in total. The molecule has 2 atom stereocenters. The Kier molecular flexibility index (Phi) is 5.22. The zero-order valence-corrected chi connectivity index (χ0v) is 13.5. The summed E-state index contributed by atoms with van der Waals surface area (Å²) in [5.74, 6) is 0. The summed E-state index contributed by atoms with van der Waals surface area (Å²) in [6.45, 7) is 12.5. The van der Waals surface area contributed by atoms with E-state index in [0.29, 0.717) is 17.5 Å². The molecule has 0 amide bonds. The highest BCUT2D eigenvalue weighted by Gasteiger charge is 2.42. The van der Waals surface area contributed by atoms with Gasteiger partial charge in [0.1, 0.15) is 0 Å². The molecule has 0 bridgehead atoms. The van der Waals surface area contributed by atoms with Crippen molar-refractivity contribution in [1.29, 1.82) is 0 Å². The van der Waals surface area contributed by atoms with Gasteiger partial charge in [0.05, 0.1) is 0 Å². The van der Waals surface area contributed by atoms with E-state index in [1.54, 1.807) is 0 Å². The molecule has 20 heavy (non-hydrogen) atoms. The summed E-state index contributed by atoms with van der Waals surface area (Å²) >= 11 is 0. The molecule has 112 valence electrons. The number of hydrogen-bond donors (Lipinski definition) is 1. The first kappa shape index (κ1) is 15.5. The Labute approximate surface area is 124 Å². The van der Waals surface area contributed by atoms with Crippen LogP contribution in [0.15, 0.2) is 30.3 Å². The van der Waals surface area contributed by atoms with Crippen LogP contribution in [0.3, 0.4) is 0 Å². The number of rotatable bonds is 8. The summed E-state index contributed by atoms with van der Waals surface area (Å²) in [7, 11) is 0. The van der Waals surface area contributed by atoms with E-state index in [1.807, 2.05) is 0 Å². The molecule has 0 aliphatic heterocycles. The first-order valence-corrected chi connectivity index (χ1v) is 8.13. The average molecular weight is 274 g/mol. The van der Waals surface area contributed by atoms with E-state index in [-0.39, 0.29) is 0 Å². The van der Waals surface area contributed by atoms with Crippen molar-refractivity contribution in [3.05, 3.63) is 35.9 Å². The van der Waals surface area contributed by atoms with Gasteiger partial charge in [0.15, 0.2) is 0 Å². The van der Waals surface area contributed by atoms with Gasteiger partial charge < -0.3 is 5.32 Å². The van der Waals surface area contributed by atoms with Crippen LogP contribution in [0.2, 0.25) is 0 Å². The van der Waals surface area contributed by atoms with Gasteiger partial charge in [-0.3, -0.25) is 4.90 Å². The normalized spacial score (nSPS) is 19.9. The third-order valence-electron chi connectivity index (χ3n) is 5.14. The van der Waals surface area contributed by atoms with E-state index in [2.05, 4.69) is 68.2 Å². The zero-order chi connectivity index (χ0) is 14.6. The Morgan fingerprint density at radius 2 is 1.75 bits per heavy atom. The molecule has 1 aliphatic carbocycles. The van der Waals surface area contributed by atoms with Crippen LogP contribution in [0.1, 0.15) is 52.1 Å². The van der Waals surface area contributed by atoms with Gasteiger partial charge in [0.25, 0.3) is 0 Å². The van der Waals surface area contributed by atoms with Crippen molar-refractivity contribution >= 4 is 0 Å². The van der Waals surface area contributed by atoms with E-state index in [1.165, 1.54) is 18.4 Å². The third-order valence-corrected chi connectivity index (χ3v) is 5.14. The smallest absolute Gasteiger partial charge is 0.0472 e. The molecular weight excluding hydrogens is 244 g/mol. The van der Waals surface area contributed by atoms with Crippen molar-refractivity contribution in [3.63, 3.8) is 0 Å². The van der Waals surface area contributed by atoms with Gasteiger partial charge in [-0.15, -0.1) is 0 Å². The second kappa shape index (κ2) is 6.73. The van der Waals surface area contributed by atoms with Gasteiger partial charge in [0.2, 0.25) is 0 Å². The van der Waals surface area contributed by atoms with Crippen molar-refractivity contribution in [2.75, 3.05) is 19.6 Å². The van der Waals surface area contributed by atoms with Gasteiger partial charge in [0, 0.05) is 18.6 Å². The lowest BCUT2D eigenvalue weighted by molar-refractivity contribution is 0.202. The van der Waals surface area contributed by atoms with Gasteiger partial charge >= 0.3 is 0 Å². The minimum absolute atomic E-state index is 0.482. The average Bonchev–Trinajstić information content (AvgIpc) is 3.23. The highest BCUT2D eigenvalue weighted by Crippen LogP contribution is 2.48. The molecule has 1 fully saturated rings. The predicted octanol–water partition coefficient (Wildman–Crippen LogP) is 3.85. The third kappa shape index (κ3) is 3.62. The predicted molar refractivity (Wildman–Crippen MR) is 86.9 cm³/mol. The minimum atomic E-state index is 0.482. The molecule has 1 aromatic carbocycles. The number of nitrogens with zero attached hydrogens (tertiary/aromatic N) is 1. The highest BCUT2D eigenvalue weighted by atomic mass is 15.2. The van der Waals surface area contributed by atoms with E-state index >= 15 is 0 Å². The molecule has 0 saturated heterocycles. The fourth-order valence-electron chi connectivity index (χ4n) is 2.96. The van der Waals surface area contributed by atoms with E-state index in [4.69, 9.17) is 0 Å². The Balaban J connectivity index is 2.03. The Bertz CT molecular complexity index is 393. The maximum atomic E-state index is 3.79. The standard InChI is InChI=1S/C18H30N2/c1-5-20(6-2)17(16-10-8-7-9-11-16)14-19-15(3)18(4)12-13-18/h7-11,15,17,19H,5-6,12-14H2,1-4H3. The molecule has 0 aromatic heterocycles. The molecule has 0 heterocycles.